The molecule has 0 bridgehead atoms. The normalized spacial score (nSPS) is 15.3. The standard InChI is InChI=1S/C20H34O3/c1-15(2)9-11-19(22)17(4)7-6-8-18(5)20(23)12-10-16(3)13-14-21/h7,9,13,19-23H,5-6,8,10-12,14H2,1-4H3/b16-13+,17-7+/t19-,20-/m1/s1. The van der Waals surface area contributed by atoms with Crippen LogP contribution in [0.5, 0.6) is 0 Å². The third-order valence-corrected chi connectivity index (χ3v) is 3.93. The van der Waals surface area contributed by atoms with Gasteiger partial charge in [0.25, 0.3) is 0 Å². The van der Waals surface area contributed by atoms with E-state index in [2.05, 4.69) is 6.58 Å². The molecule has 0 aromatic heterocycles. The second-order valence-corrected chi connectivity index (χ2v) is 6.47. The summed E-state index contributed by atoms with van der Waals surface area (Å²) in [5.74, 6) is 0. The van der Waals surface area contributed by atoms with Gasteiger partial charge in [-0.3, -0.25) is 0 Å². The van der Waals surface area contributed by atoms with Gasteiger partial charge in [-0.25, -0.2) is 0 Å². The highest BCUT2D eigenvalue weighted by atomic mass is 16.3. The molecule has 0 heterocycles. The van der Waals surface area contributed by atoms with Crippen LogP contribution in [-0.2, 0) is 0 Å². The molecule has 23 heavy (non-hydrogen) atoms. The largest absolute Gasteiger partial charge is 0.392 e. The molecule has 0 saturated carbocycles. The van der Waals surface area contributed by atoms with Crippen LogP contribution in [0.15, 0.2) is 47.1 Å². The second kappa shape index (κ2) is 12.3. The van der Waals surface area contributed by atoms with Crippen molar-refractivity contribution in [3.63, 3.8) is 0 Å². The van der Waals surface area contributed by atoms with Crippen molar-refractivity contribution in [2.75, 3.05) is 6.61 Å². The summed E-state index contributed by atoms with van der Waals surface area (Å²) < 4.78 is 0. The fourth-order valence-electron chi connectivity index (χ4n) is 2.15. The fourth-order valence-corrected chi connectivity index (χ4v) is 2.15. The molecule has 0 aliphatic heterocycles. The lowest BCUT2D eigenvalue weighted by atomic mass is 9.98. The minimum absolute atomic E-state index is 0.0437. The smallest absolute Gasteiger partial charge is 0.0781 e. The van der Waals surface area contributed by atoms with E-state index in [0.717, 1.165) is 36.0 Å². The first-order chi connectivity index (χ1) is 10.8. The van der Waals surface area contributed by atoms with Crippen LogP contribution in [-0.4, -0.2) is 34.1 Å². The molecule has 2 atom stereocenters. The van der Waals surface area contributed by atoms with Gasteiger partial charge in [0.2, 0.25) is 0 Å². The Balaban J connectivity index is 4.19. The van der Waals surface area contributed by atoms with Gasteiger partial charge in [-0.15, -0.1) is 0 Å². The molecule has 0 aromatic rings. The Morgan fingerprint density at radius 1 is 0.957 bits per heavy atom. The summed E-state index contributed by atoms with van der Waals surface area (Å²) >= 11 is 0. The highest BCUT2D eigenvalue weighted by Crippen LogP contribution is 2.17. The van der Waals surface area contributed by atoms with Crippen molar-refractivity contribution < 1.29 is 15.3 Å². The fraction of sp³-hybridized carbons (Fsp3) is 0.600. The van der Waals surface area contributed by atoms with Crippen LogP contribution < -0.4 is 0 Å². The van der Waals surface area contributed by atoms with Gasteiger partial charge in [0.05, 0.1) is 18.8 Å². The van der Waals surface area contributed by atoms with E-state index >= 15 is 0 Å². The zero-order valence-electron chi connectivity index (χ0n) is 15.2. The Hall–Kier alpha value is -1.16. The van der Waals surface area contributed by atoms with Crippen LogP contribution in [0, 0.1) is 0 Å². The molecule has 3 heteroatoms. The van der Waals surface area contributed by atoms with Gasteiger partial charge in [-0.05, 0) is 70.9 Å². The number of rotatable bonds is 11. The zero-order chi connectivity index (χ0) is 17.8. The van der Waals surface area contributed by atoms with E-state index in [1.807, 2.05) is 39.8 Å². The SMILES string of the molecule is C=C(CC/C=C(\C)[C@H](O)CC=C(C)C)[C@H](O)CC/C(C)=C/CO. The molecule has 0 aliphatic carbocycles. The summed E-state index contributed by atoms with van der Waals surface area (Å²) in [6, 6.07) is 0. The molecule has 3 nitrogen and oxygen atoms in total. The van der Waals surface area contributed by atoms with Crippen molar-refractivity contribution >= 4 is 0 Å². The first-order valence-electron chi connectivity index (χ1n) is 8.38. The van der Waals surface area contributed by atoms with Crippen molar-refractivity contribution in [3.8, 4) is 0 Å². The van der Waals surface area contributed by atoms with Crippen molar-refractivity contribution in [2.45, 2.75) is 72.0 Å². The predicted octanol–water partition coefficient (Wildman–Crippen LogP) is 4.07. The van der Waals surface area contributed by atoms with Gasteiger partial charge in [0, 0.05) is 0 Å². The van der Waals surface area contributed by atoms with Crippen LogP contribution in [0.4, 0.5) is 0 Å². The molecule has 132 valence electrons. The lowest BCUT2D eigenvalue weighted by Crippen LogP contribution is -2.10. The summed E-state index contributed by atoms with van der Waals surface area (Å²) in [6.07, 6.45) is 8.40. The highest BCUT2D eigenvalue weighted by molar-refractivity contribution is 5.11. The molecule has 0 rings (SSSR count). The predicted molar refractivity (Wildman–Crippen MR) is 98.3 cm³/mol. The first kappa shape index (κ1) is 21.8. The van der Waals surface area contributed by atoms with E-state index in [4.69, 9.17) is 5.11 Å². The molecule has 0 spiro atoms. The molecule has 0 aliphatic rings. The quantitative estimate of drug-likeness (QED) is 0.503. The van der Waals surface area contributed by atoms with Crippen LogP contribution in [0.2, 0.25) is 0 Å². The van der Waals surface area contributed by atoms with Crippen LogP contribution in [0.3, 0.4) is 0 Å². The van der Waals surface area contributed by atoms with Crippen molar-refractivity contribution in [1.82, 2.24) is 0 Å². The average Bonchev–Trinajstić information content (AvgIpc) is 2.50. The summed E-state index contributed by atoms with van der Waals surface area (Å²) in [4.78, 5) is 0. The van der Waals surface area contributed by atoms with E-state index in [1.165, 1.54) is 5.57 Å². The number of hydrogen-bond acceptors (Lipinski definition) is 3. The summed E-state index contributed by atoms with van der Waals surface area (Å²) in [7, 11) is 0. The average molecular weight is 322 g/mol. The van der Waals surface area contributed by atoms with Gasteiger partial charge in [0.1, 0.15) is 0 Å². The summed E-state index contributed by atoms with van der Waals surface area (Å²) in [5, 5.41) is 28.9. The zero-order valence-corrected chi connectivity index (χ0v) is 15.2. The van der Waals surface area contributed by atoms with E-state index in [9.17, 15) is 10.2 Å². The molecular formula is C20H34O3. The molecule has 0 aromatic carbocycles. The maximum atomic E-state index is 10.1. The van der Waals surface area contributed by atoms with E-state index in [0.29, 0.717) is 12.8 Å². The van der Waals surface area contributed by atoms with Gasteiger partial charge in [-0.2, -0.15) is 0 Å². The Bertz CT molecular complexity index is 440. The van der Waals surface area contributed by atoms with Crippen LogP contribution in [0.1, 0.15) is 59.8 Å². The number of allylic oxidation sites excluding steroid dienone is 3. The third kappa shape index (κ3) is 11.1. The maximum Gasteiger partial charge on any atom is 0.0781 e. The summed E-state index contributed by atoms with van der Waals surface area (Å²) in [5.41, 5.74) is 4.08. The van der Waals surface area contributed by atoms with Gasteiger partial charge in [0.15, 0.2) is 0 Å². The van der Waals surface area contributed by atoms with Crippen molar-refractivity contribution in [3.05, 3.63) is 47.1 Å². The van der Waals surface area contributed by atoms with Crippen molar-refractivity contribution in [2.24, 2.45) is 0 Å². The topological polar surface area (TPSA) is 60.7 Å². The number of aliphatic hydroxyl groups excluding tert-OH is 3. The van der Waals surface area contributed by atoms with E-state index in [1.54, 1.807) is 6.08 Å². The maximum absolute atomic E-state index is 10.1. The first-order valence-corrected chi connectivity index (χ1v) is 8.38. The Morgan fingerprint density at radius 3 is 2.17 bits per heavy atom. The lowest BCUT2D eigenvalue weighted by molar-refractivity contribution is 0.197. The third-order valence-electron chi connectivity index (χ3n) is 3.93. The van der Waals surface area contributed by atoms with Gasteiger partial charge >= 0.3 is 0 Å². The number of hydrogen-bond donors (Lipinski definition) is 3. The second-order valence-electron chi connectivity index (χ2n) is 6.47. The Labute approximate surface area is 141 Å². The number of aliphatic hydroxyl groups is 3. The van der Waals surface area contributed by atoms with E-state index < -0.39 is 12.2 Å². The minimum Gasteiger partial charge on any atom is -0.392 e. The Kier molecular flexibility index (Phi) is 11.7. The molecule has 0 fully saturated rings. The van der Waals surface area contributed by atoms with Gasteiger partial charge in [-0.1, -0.05) is 36.0 Å². The van der Waals surface area contributed by atoms with Crippen LogP contribution in [0.25, 0.3) is 0 Å². The molecule has 0 saturated heterocycles. The highest BCUT2D eigenvalue weighted by Gasteiger charge is 2.09. The lowest BCUT2D eigenvalue weighted by Gasteiger charge is -2.14. The minimum atomic E-state index is -0.513. The Morgan fingerprint density at radius 2 is 1.61 bits per heavy atom. The molecule has 3 N–H and O–H groups in total. The molecule has 0 unspecified atom stereocenters. The molecule has 0 radical (unpaired) electrons. The monoisotopic (exact) mass is 322 g/mol. The van der Waals surface area contributed by atoms with Crippen LogP contribution >= 0.6 is 0 Å². The van der Waals surface area contributed by atoms with Crippen molar-refractivity contribution in [1.29, 1.82) is 0 Å². The molecule has 0 amide bonds. The molecular weight excluding hydrogens is 288 g/mol. The summed E-state index contributed by atoms with van der Waals surface area (Å²) in [6.45, 7) is 11.9. The van der Waals surface area contributed by atoms with E-state index in [-0.39, 0.29) is 6.61 Å². The van der Waals surface area contributed by atoms with Gasteiger partial charge < -0.3 is 15.3 Å².